The molecule has 0 saturated carbocycles. The lowest BCUT2D eigenvalue weighted by atomic mass is 10.1. The lowest BCUT2D eigenvalue weighted by molar-refractivity contribution is -0.123. The van der Waals surface area contributed by atoms with Crippen LogP contribution in [0.25, 0.3) is 0 Å². The quantitative estimate of drug-likeness (QED) is 0.692. The molecule has 0 spiro atoms. The molecule has 24 heavy (non-hydrogen) atoms. The molecule has 4 N–H and O–H groups in total. The number of ether oxygens (including phenoxy) is 1. The fourth-order valence-electron chi connectivity index (χ4n) is 2.30. The first-order valence-corrected chi connectivity index (χ1v) is 8.05. The second-order valence-corrected chi connectivity index (χ2v) is 5.88. The zero-order chi connectivity index (χ0) is 17.4. The Hall–Kier alpha value is -2.53. The van der Waals surface area contributed by atoms with Gasteiger partial charge in [-0.2, -0.15) is 0 Å². The standard InChI is InChI=1S/C19H24N2O3/c1-14(20)12-16-4-8-18(9-5-16)24-13-19(23)21-11-10-15-2-6-17(22)7-3-15/h2-9,14,22H,10-13,20H2,1H3,(H,21,23). The predicted molar refractivity (Wildman–Crippen MR) is 94.1 cm³/mol. The molecule has 0 fully saturated rings. The monoisotopic (exact) mass is 328 g/mol. The van der Waals surface area contributed by atoms with E-state index in [1.165, 1.54) is 0 Å². The zero-order valence-corrected chi connectivity index (χ0v) is 13.9. The maximum atomic E-state index is 11.8. The van der Waals surface area contributed by atoms with Gasteiger partial charge in [-0.05, 0) is 55.2 Å². The maximum absolute atomic E-state index is 11.8. The third kappa shape index (κ3) is 6.30. The van der Waals surface area contributed by atoms with Crippen molar-refractivity contribution >= 4 is 5.91 Å². The van der Waals surface area contributed by atoms with Crippen LogP contribution >= 0.6 is 0 Å². The predicted octanol–water partition coefficient (Wildman–Crippen LogP) is 2.02. The van der Waals surface area contributed by atoms with E-state index < -0.39 is 0 Å². The molecule has 0 saturated heterocycles. The number of hydrogen-bond acceptors (Lipinski definition) is 4. The number of phenolic OH excluding ortho intramolecular Hbond substituents is 1. The van der Waals surface area contributed by atoms with Gasteiger partial charge in [0.05, 0.1) is 0 Å². The van der Waals surface area contributed by atoms with Crippen LogP contribution in [0.4, 0.5) is 0 Å². The van der Waals surface area contributed by atoms with E-state index in [-0.39, 0.29) is 24.3 Å². The summed E-state index contributed by atoms with van der Waals surface area (Å²) >= 11 is 0. The van der Waals surface area contributed by atoms with Crippen LogP contribution in [-0.2, 0) is 17.6 Å². The van der Waals surface area contributed by atoms with E-state index >= 15 is 0 Å². The van der Waals surface area contributed by atoms with Crippen molar-refractivity contribution in [2.24, 2.45) is 5.73 Å². The molecule has 2 rings (SSSR count). The summed E-state index contributed by atoms with van der Waals surface area (Å²) in [6.07, 6.45) is 1.52. The molecule has 128 valence electrons. The van der Waals surface area contributed by atoms with Crippen molar-refractivity contribution in [2.75, 3.05) is 13.2 Å². The van der Waals surface area contributed by atoms with Gasteiger partial charge in [-0.1, -0.05) is 24.3 Å². The Morgan fingerprint density at radius 3 is 2.38 bits per heavy atom. The Kier molecular flexibility index (Phi) is 6.63. The summed E-state index contributed by atoms with van der Waals surface area (Å²) in [6.45, 7) is 2.48. The Balaban J connectivity index is 1.68. The summed E-state index contributed by atoms with van der Waals surface area (Å²) < 4.78 is 5.47. The molecule has 0 aliphatic carbocycles. The second-order valence-electron chi connectivity index (χ2n) is 5.88. The highest BCUT2D eigenvalue weighted by atomic mass is 16.5. The summed E-state index contributed by atoms with van der Waals surface area (Å²) in [5, 5.41) is 12.0. The van der Waals surface area contributed by atoms with Gasteiger partial charge in [0.25, 0.3) is 5.91 Å². The minimum atomic E-state index is -0.159. The molecule has 1 atom stereocenters. The summed E-state index contributed by atoms with van der Waals surface area (Å²) in [5.74, 6) is 0.744. The molecule has 5 heteroatoms. The molecule has 0 aliphatic rings. The molecule has 0 radical (unpaired) electrons. The molecule has 2 aromatic rings. The average Bonchev–Trinajstić information content (AvgIpc) is 2.55. The fraction of sp³-hybridized carbons (Fsp3) is 0.316. The maximum Gasteiger partial charge on any atom is 0.257 e. The summed E-state index contributed by atoms with van der Waals surface area (Å²) in [5.41, 5.74) is 7.96. The van der Waals surface area contributed by atoms with Crippen LogP contribution in [0.1, 0.15) is 18.1 Å². The van der Waals surface area contributed by atoms with Gasteiger partial charge in [-0.15, -0.1) is 0 Å². The number of hydrogen-bond donors (Lipinski definition) is 3. The van der Waals surface area contributed by atoms with Gasteiger partial charge in [0.1, 0.15) is 11.5 Å². The third-order valence-electron chi connectivity index (χ3n) is 3.52. The normalized spacial score (nSPS) is 11.8. The second kappa shape index (κ2) is 8.93. The van der Waals surface area contributed by atoms with Crippen LogP contribution in [0.2, 0.25) is 0 Å². The number of rotatable bonds is 8. The first-order valence-electron chi connectivity index (χ1n) is 8.05. The van der Waals surface area contributed by atoms with Gasteiger partial charge in [0.15, 0.2) is 6.61 Å². The number of carbonyl (C=O) groups excluding carboxylic acids is 1. The molecule has 5 nitrogen and oxygen atoms in total. The van der Waals surface area contributed by atoms with E-state index in [1.54, 1.807) is 12.1 Å². The lowest BCUT2D eigenvalue weighted by Crippen LogP contribution is -2.30. The van der Waals surface area contributed by atoms with Crippen molar-refractivity contribution in [3.05, 3.63) is 59.7 Å². The Morgan fingerprint density at radius 1 is 1.12 bits per heavy atom. The molecule has 0 bridgehead atoms. The molecule has 1 unspecified atom stereocenters. The highest BCUT2D eigenvalue weighted by Crippen LogP contribution is 2.13. The topological polar surface area (TPSA) is 84.6 Å². The van der Waals surface area contributed by atoms with E-state index in [2.05, 4.69) is 5.32 Å². The molecule has 0 aliphatic heterocycles. The van der Waals surface area contributed by atoms with Crippen molar-refractivity contribution in [3.8, 4) is 11.5 Å². The summed E-state index contributed by atoms with van der Waals surface area (Å²) in [6, 6.07) is 14.7. The highest BCUT2D eigenvalue weighted by molar-refractivity contribution is 5.77. The Labute approximate surface area is 142 Å². The van der Waals surface area contributed by atoms with Crippen LogP contribution in [0.3, 0.4) is 0 Å². The van der Waals surface area contributed by atoms with Crippen molar-refractivity contribution in [1.29, 1.82) is 0 Å². The van der Waals surface area contributed by atoms with E-state index in [4.69, 9.17) is 10.5 Å². The largest absolute Gasteiger partial charge is 0.508 e. The first-order chi connectivity index (χ1) is 11.5. The molecular formula is C19H24N2O3. The lowest BCUT2D eigenvalue weighted by Gasteiger charge is -2.09. The third-order valence-corrected chi connectivity index (χ3v) is 3.52. The van der Waals surface area contributed by atoms with Gasteiger partial charge < -0.3 is 20.9 Å². The number of amides is 1. The first kappa shape index (κ1) is 17.8. The smallest absolute Gasteiger partial charge is 0.257 e. The van der Waals surface area contributed by atoms with Crippen LogP contribution in [0, 0.1) is 0 Å². The molecule has 1 amide bonds. The highest BCUT2D eigenvalue weighted by Gasteiger charge is 2.04. The van der Waals surface area contributed by atoms with E-state index in [9.17, 15) is 9.90 Å². The van der Waals surface area contributed by atoms with Crippen LogP contribution < -0.4 is 15.8 Å². The van der Waals surface area contributed by atoms with E-state index in [0.717, 1.165) is 17.5 Å². The number of carbonyl (C=O) groups is 1. The van der Waals surface area contributed by atoms with Crippen molar-refractivity contribution in [2.45, 2.75) is 25.8 Å². The van der Waals surface area contributed by atoms with Crippen molar-refractivity contribution in [3.63, 3.8) is 0 Å². The minimum Gasteiger partial charge on any atom is -0.508 e. The number of benzene rings is 2. The van der Waals surface area contributed by atoms with Crippen LogP contribution in [-0.4, -0.2) is 30.2 Å². The minimum absolute atomic E-state index is 0.0117. The van der Waals surface area contributed by atoms with E-state index in [0.29, 0.717) is 18.7 Å². The fourth-order valence-corrected chi connectivity index (χ4v) is 2.30. The average molecular weight is 328 g/mol. The van der Waals surface area contributed by atoms with E-state index in [1.807, 2.05) is 43.3 Å². The number of phenols is 1. The number of aromatic hydroxyl groups is 1. The van der Waals surface area contributed by atoms with Gasteiger partial charge in [-0.25, -0.2) is 0 Å². The Bertz CT molecular complexity index is 637. The molecule has 0 aromatic heterocycles. The van der Waals surface area contributed by atoms with Crippen LogP contribution in [0.15, 0.2) is 48.5 Å². The number of nitrogens with one attached hydrogen (secondary N) is 1. The number of nitrogens with two attached hydrogens (primary N) is 1. The summed E-state index contributed by atoms with van der Waals surface area (Å²) in [4.78, 5) is 11.8. The zero-order valence-electron chi connectivity index (χ0n) is 13.9. The molecule has 0 heterocycles. The van der Waals surface area contributed by atoms with Crippen molar-refractivity contribution in [1.82, 2.24) is 5.32 Å². The summed E-state index contributed by atoms with van der Waals surface area (Å²) in [7, 11) is 0. The SMILES string of the molecule is CC(N)Cc1ccc(OCC(=O)NCCc2ccc(O)cc2)cc1. The van der Waals surface area contributed by atoms with Gasteiger partial charge in [0.2, 0.25) is 0 Å². The van der Waals surface area contributed by atoms with Crippen LogP contribution in [0.5, 0.6) is 11.5 Å². The van der Waals surface area contributed by atoms with Gasteiger partial charge >= 0.3 is 0 Å². The van der Waals surface area contributed by atoms with Gasteiger partial charge in [-0.3, -0.25) is 4.79 Å². The molecular weight excluding hydrogens is 304 g/mol. The Morgan fingerprint density at radius 2 is 1.75 bits per heavy atom. The molecule has 2 aromatic carbocycles. The van der Waals surface area contributed by atoms with Crippen molar-refractivity contribution < 1.29 is 14.6 Å². The van der Waals surface area contributed by atoms with Gasteiger partial charge in [0, 0.05) is 12.6 Å².